The van der Waals surface area contributed by atoms with Crippen LogP contribution in [-0.2, 0) is 26.2 Å². The van der Waals surface area contributed by atoms with E-state index in [-0.39, 0.29) is 17.3 Å². The third kappa shape index (κ3) is 7.11. The number of likely N-dealkylation sites (N-methyl/N-ethyl adjacent to an activating group) is 1. The fourth-order valence-electron chi connectivity index (χ4n) is 3.69. The molecule has 0 aliphatic heterocycles. The van der Waals surface area contributed by atoms with Gasteiger partial charge in [-0.05, 0) is 67.9 Å². The number of halogens is 1. The van der Waals surface area contributed by atoms with Gasteiger partial charge in [-0.1, -0.05) is 46.3 Å². The molecule has 0 heterocycles. The Bertz CT molecular complexity index is 1300. The van der Waals surface area contributed by atoms with Gasteiger partial charge < -0.3 is 15.0 Å². The summed E-state index contributed by atoms with van der Waals surface area (Å²) in [5.41, 5.74) is 1.14. The summed E-state index contributed by atoms with van der Waals surface area (Å²) in [6, 6.07) is 21.0. The molecule has 196 valence electrons. The number of para-hydroxylation sites is 1. The Morgan fingerprint density at radius 2 is 1.59 bits per heavy atom. The predicted octanol–water partition coefficient (Wildman–Crippen LogP) is 4.21. The van der Waals surface area contributed by atoms with Gasteiger partial charge in [-0.2, -0.15) is 0 Å². The van der Waals surface area contributed by atoms with Crippen molar-refractivity contribution in [2.45, 2.75) is 31.3 Å². The summed E-state index contributed by atoms with van der Waals surface area (Å²) in [4.78, 5) is 27.9. The number of hydrogen-bond donors (Lipinski definition) is 1. The highest BCUT2D eigenvalue weighted by atomic mass is 79.9. The Morgan fingerprint density at radius 1 is 0.973 bits per heavy atom. The van der Waals surface area contributed by atoms with E-state index < -0.39 is 28.5 Å². The Labute approximate surface area is 226 Å². The molecule has 0 aliphatic carbocycles. The average molecular weight is 589 g/mol. The number of rotatable bonds is 11. The molecule has 37 heavy (non-hydrogen) atoms. The zero-order valence-electron chi connectivity index (χ0n) is 20.9. The first kappa shape index (κ1) is 28.2. The molecule has 2 amide bonds. The van der Waals surface area contributed by atoms with E-state index in [1.807, 2.05) is 24.3 Å². The third-order valence-corrected chi connectivity index (χ3v) is 8.07. The second kappa shape index (κ2) is 12.7. The number of hydrogen-bond acceptors (Lipinski definition) is 5. The molecule has 3 aromatic carbocycles. The van der Waals surface area contributed by atoms with E-state index in [4.69, 9.17) is 4.74 Å². The molecule has 0 aromatic heterocycles. The minimum absolute atomic E-state index is 0.0150. The Hall–Kier alpha value is -3.37. The molecule has 10 heteroatoms. The van der Waals surface area contributed by atoms with Gasteiger partial charge in [0.2, 0.25) is 11.8 Å². The van der Waals surface area contributed by atoms with Crippen LogP contribution in [0.25, 0.3) is 0 Å². The van der Waals surface area contributed by atoms with Gasteiger partial charge in [0.25, 0.3) is 10.0 Å². The number of nitrogens with one attached hydrogen (secondary N) is 1. The highest BCUT2D eigenvalue weighted by Gasteiger charge is 2.32. The average Bonchev–Trinajstić information content (AvgIpc) is 2.91. The first-order valence-electron chi connectivity index (χ1n) is 11.7. The summed E-state index contributed by atoms with van der Waals surface area (Å²) in [6.45, 7) is 3.48. The second-order valence-electron chi connectivity index (χ2n) is 8.24. The van der Waals surface area contributed by atoms with Crippen molar-refractivity contribution in [3.63, 3.8) is 0 Å². The lowest BCUT2D eigenvalue weighted by atomic mass is 10.1. The molecule has 0 aliphatic rings. The SMILES string of the molecule is CCNC(=O)[C@H](C)N(Cc1ccc(Br)cc1)C(=O)CN(c1ccccc1)S(=O)(=O)c1ccc(OC)cc1. The molecule has 0 fully saturated rings. The zero-order chi connectivity index (χ0) is 27.0. The number of carbonyl (C=O) groups is 2. The zero-order valence-corrected chi connectivity index (χ0v) is 23.3. The highest BCUT2D eigenvalue weighted by Crippen LogP contribution is 2.26. The summed E-state index contributed by atoms with van der Waals surface area (Å²) in [5, 5.41) is 2.74. The van der Waals surface area contributed by atoms with E-state index in [9.17, 15) is 18.0 Å². The monoisotopic (exact) mass is 587 g/mol. The fourth-order valence-corrected chi connectivity index (χ4v) is 5.37. The van der Waals surface area contributed by atoms with Gasteiger partial charge in [0.1, 0.15) is 18.3 Å². The van der Waals surface area contributed by atoms with E-state index in [0.29, 0.717) is 18.0 Å². The lowest BCUT2D eigenvalue weighted by Gasteiger charge is -2.32. The quantitative estimate of drug-likeness (QED) is 0.362. The third-order valence-electron chi connectivity index (χ3n) is 5.75. The number of sulfonamides is 1. The molecular formula is C27H30BrN3O5S. The van der Waals surface area contributed by atoms with E-state index in [2.05, 4.69) is 21.2 Å². The van der Waals surface area contributed by atoms with Crippen molar-refractivity contribution in [2.24, 2.45) is 0 Å². The Morgan fingerprint density at radius 3 is 2.16 bits per heavy atom. The van der Waals surface area contributed by atoms with Gasteiger partial charge >= 0.3 is 0 Å². The number of ether oxygens (including phenoxy) is 1. The molecule has 0 radical (unpaired) electrons. The van der Waals surface area contributed by atoms with Crippen molar-refractivity contribution >= 4 is 43.5 Å². The number of carbonyl (C=O) groups excluding carboxylic acids is 2. The molecule has 3 rings (SSSR count). The van der Waals surface area contributed by atoms with Gasteiger partial charge in [0.05, 0.1) is 17.7 Å². The smallest absolute Gasteiger partial charge is 0.264 e. The van der Waals surface area contributed by atoms with E-state index >= 15 is 0 Å². The van der Waals surface area contributed by atoms with Crippen LogP contribution in [0.2, 0.25) is 0 Å². The van der Waals surface area contributed by atoms with Crippen LogP contribution in [0.1, 0.15) is 19.4 Å². The summed E-state index contributed by atoms with van der Waals surface area (Å²) < 4.78 is 34.5. The molecule has 3 aromatic rings. The summed E-state index contributed by atoms with van der Waals surface area (Å²) in [5.74, 6) is -0.322. The lowest BCUT2D eigenvalue weighted by Crippen LogP contribution is -2.51. The van der Waals surface area contributed by atoms with Crippen molar-refractivity contribution in [2.75, 3.05) is 24.5 Å². The number of nitrogens with zero attached hydrogens (tertiary/aromatic N) is 2. The topological polar surface area (TPSA) is 96.0 Å². The van der Waals surface area contributed by atoms with Crippen molar-refractivity contribution in [1.29, 1.82) is 0 Å². The minimum atomic E-state index is -4.12. The maximum Gasteiger partial charge on any atom is 0.264 e. The van der Waals surface area contributed by atoms with Crippen molar-refractivity contribution in [3.8, 4) is 5.75 Å². The number of methoxy groups -OCH3 is 1. The molecule has 0 bridgehead atoms. The van der Waals surface area contributed by atoms with Crippen molar-refractivity contribution < 1.29 is 22.7 Å². The van der Waals surface area contributed by atoms with Crippen LogP contribution < -0.4 is 14.4 Å². The van der Waals surface area contributed by atoms with Gasteiger partial charge in [-0.3, -0.25) is 13.9 Å². The number of anilines is 1. The summed E-state index contributed by atoms with van der Waals surface area (Å²) in [6.07, 6.45) is 0. The second-order valence-corrected chi connectivity index (χ2v) is 11.0. The maximum atomic E-state index is 13.7. The van der Waals surface area contributed by atoms with Gasteiger partial charge in [-0.25, -0.2) is 8.42 Å². The van der Waals surface area contributed by atoms with E-state index in [0.717, 1.165) is 14.3 Å². The molecule has 0 unspecified atom stereocenters. The van der Waals surface area contributed by atoms with Gasteiger partial charge in [-0.15, -0.1) is 0 Å². The molecule has 8 nitrogen and oxygen atoms in total. The summed E-state index contributed by atoms with van der Waals surface area (Å²) in [7, 11) is -2.62. The molecule has 1 N–H and O–H groups in total. The molecule has 0 spiro atoms. The van der Waals surface area contributed by atoms with Crippen LogP contribution in [0.15, 0.2) is 88.2 Å². The number of amides is 2. The normalized spacial score (nSPS) is 11.9. The Balaban J connectivity index is 1.99. The number of benzene rings is 3. The molecule has 0 saturated carbocycles. The molecular weight excluding hydrogens is 558 g/mol. The first-order valence-corrected chi connectivity index (χ1v) is 13.9. The predicted molar refractivity (Wildman–Crippen MR) is 147 cm³/mol. The van der Waals surface area contributed by atoms with Crippen LogP contribution in [0.4, 0.5) is 5.69 Å². The first-order chi connectivity index (χ1) is 17.7. The van der Waals surface area contributed by atoms with Gasteiger partial charge in [0, 0.05) is 17.6 Å². The van der Waals surface area contributed by atoms with Crippen LogP contribution in [0.5, 0.6) is 5.75 Å². The van der Waals surface area contributed by atoms with E-state index in [1.165, 1.54) is 24.1 Å². The largest absolute Gasteiger partial charge is 0.497 e. The van der Waals surface area contributed by atoms with E-state index in [1.54, 1.807) is 56.3 Å². The fraction of sp³-hybridized carbons (Fsp3) is 0.259. The van der Waals surface area contributed by atoms with Crippen molar-refractivity contribution in [1.82, 2.24) is 10.2 Å². The lowest BCUT2D eigenvalue weighted by molar-refractivity contribution is -0.139. The summed E-state index contributed by atoms with van der Waals surface area (Å²) >= 11 is 3.40. The van der Waals surface area contributed by atoms with Crippen LogP contribution in [0.3, 0.4) is 0 Å². The molecule has 1 atom stereocenters. The standard InChI is InChI=1S/C27H30BrN3O5S/c1-4-29-27(33)20(2)30(18-21-10-12-22(28)13-11-21)26(32)19-31(23-8-6-5-7-9-23)37(34,35)25-16-14-24(36-3)15-17-25/h5-17,20H,4,18-19H2,1-3H3,(H,29,33)/t20-/m0/s1. The molecule has 0 saturated heterocycles. The van der Waals surface area contributed by atoms with Crippen molar-refractivity contribution in [3.05, 3.63) is 88.9 Å². The van der Waals surface area contributed by atoms with Crippen LogP contribution >= 0.6 is 15.9 Å². The van der Waals surface area contributed by atoms with Gasteiger partial charge in [0.15, 0.2) is 0 Å². The van der Waals surface area contributed by atoms with Crippen LogP contribution in [-0.4, -0.2) is 51.4 Å². The maximum absolute atomic E-state index is 13.7. The minimum Gasteiger partial charge on any atom is -0.497 e. The highest BCUT2D eigenvalue weighted by molar-refractivity contribution is 9.10. The van der Waals surface area contributed by atoms with Crippen LogP contribution in [0, 0.1) is 0 Å². The Kier molecular flexibility index (Phi) is 9.71.